The fourth-order valence-corrected chi connectivity index (χ4v) is 2.08. The van der Waals surface area contributed by atoms with Crippen molar-refractivity contribution in [1.82, 2.24) is 4.98 Å². The first kappa shape index (κ1) is 13.8. The second kappa shape index (κ2) is 5.55. The van der Waals surface area contributed by atoms with Gasteiger partial charge in [0, 0.05) is 22.3 Å². The molecule has 0 saturated heterocycles. The summed E-state index contributed by atoms with van der Waals surface area (Å²) in [6.45, 7) is 0. The van der Waals surface area contributed by atoms with Gasteiger partial charge in [-0.2, -0.15) is 4.39 Å². The van der Waals surface area contributed by atoms with Gasteiger partial charge in [-0.15, -0.1) is 0 Å². The minimum Gasteiger partial charge on any atom is -0.465 e. The fourth-order valence-electron chi connectivity index (χ4n) is 1.57. The van der Waals surface area contributed by atoms with E-state index in [9.17, 15) is 9.18 Å². The monoisotopic (exact) mass is 299 g/mol. The van der Waals surface area contributed by atoms with Gasteiger partial charge >= 0.3 is 5.97 Å². The van der Waals surface area contributed by atoms with Crippen LogP contribution in [0.25, 0.3) is 11.1 Å². The maximum absolute atomic E-state index is 13.7. The Kier molecular flexibility index (Phi) is 4.02. The zero-order valence-electron chi connectivity index (χ0n) is 9.78. The molecule has 0 aliphatic rings. The van der Waals surface area contributed by atoms with Gasteiger partial charge in [0.1, 0.15) is 0 Å². The standard InChI is InChI=1S/C13H8Cl2FNO2/c1-19-13(18)7-4-10(12(16)17-6-7)9-3-2-8(14)5-11(9)15/h2-6H,1H3. The molecule has 2 aromatic rings. The molecule has 0 aliphatic heterocycles. The van der Waals surface area contributed by atoms with E-state index in [0.29, 0.717) is 10.6 Å². The number of aromatic nitrogens is 1. The van der Waals surface area contributed by atoms with Crippen molar-refractivity contribution in [2.75, 3.05) is 7.11 Å². The van der Waals surface area contributed by atoms with E-state index in [-0.39, 0.29) is 16.1 Å². The Balaban J connectivity index is 2.57. The average Bonchev–Trinajstić information content (AvgIpc) is 2.39. The van der Waals surface area contributed by atoms with Gasteiger partial charge in [0.05, 0.1) is 17.7 Å². The van der Waals surface area contributed by atoms with Crippen LogP contribution in [0.5, 0.6) is 0 Å². The van der Waals surface area contributed by atoms with Crippen molar-refractivity contribution in [3.63, 3.8) is 0 Å². The van der Waals surface area contributed by atoms with Crippen LogP contribution in [0.4, 0.5) is 4.39 Å². The number of ether oxygens (including phenoxy) is 1. The van der Waals surface area contributed by atoms with E-state index >= 15 is 0 Å². The number of hydrogen-bond donors (Lipinski definition) is 0. The van der Waals surface area contributed by atoms with Crippen LogP contribution in [0, 0.1) is 5.95 Å². The smallest absolute Gasteiger partial charge is 0.339 e. The topological polar surface area (TPSA) is 39.2 Å². The number of pyridine rings is 1. The molecule has 1 aromatic heterocycles. The van der Waals surface area contributed by atoms with Crippen LogP contribution in [0.15, 0.2) is 30.5 Å². The molecule has 0 saturated carbocycles. The molecule has 19 heavy (non-hydrogen) atoms. The maximum Gasteiger partial charge on any atom is 0.339 e. The van der Waals surface area contributed by atoms with Crippen molar-refractivity contribution < 1.29 is 13.9 Å². The second-order valence-corrected chi connectivity index (χ2v) is 4.52. The number of halogens is 3. The normalized spacial score (nSPS) is 10.3. The first-order valence-electron chi connectivity index (χ1n) is 5.22. The lowest BCUT2D eigenvalue weighted by Crippen LogP contribution is -2.03. The van der Waals surface area contributed by atoms with Gasteiger partial charge in [-0.25, -0.2) is 9.78 Å². The molecule has 0 atom stereocenters. The van der Waals surface area contributed by atoms with E-state index in [1.54, 1.807) is 12.1 Å². The van der Waals surface area contributed by atoms with Gasteiger partial charge in [0.2, 0.25) is 5.95 Å². The van der Waals surface area contributed by atoms with Crippen molar-refractivity contribution in [2.24, 2.45) is 0 Å². The van der Waals surface area contributed by atoms with Crippen LogP contribution in [0.1, 0.15) is 10.4 Å². The summed E-state index contributed by atoms with van der Waals surface area (Å²) in [7, 11) is 1.24. The Morgan fingerprint density at radius 2 is 2.00 bits per heavy atom. The molecule has 0 unspecified atom stereocenters. The van der Waals surface area contributed by atoms with Gasteiger partial charge in [0.25, 0.3) is 0 Å². The molecular weight excluding hydrogens is 292 g/mol. The Labute approximate surface area is 118 Å². The lowest BCUT2D eigenvalue weighted by Gasteiger charge is -2.07. The van der Waals surface area contributed by atoms with Crippen molar-refractivity contribution in [2.45, 2.75) is 0 Å². The van der Waals surface area contributed by atoms with E-state index in [2.05, 4.69) is 9.72 Å². The highest BCUT2D eigenvalue weighted by molar-refractivity contribution is 6.36. The highest BCUT2D eigenvalue weighted by Gasteiger charge is 2.14. The number of carbonyl (C=O) groups is 1. The van der Waals surface area contributed by atoms with Crippen molar-refractivity contribution >= 4 is 29.2 Å². The number of methoxy groups -OCH3 is 1. The zero-order chi connectivity index (χ0) is 14.0. The minimum absolute atomic E-state index is 0.115. The van der Waals surface area contributed by atoms with Crippen molar-refractivity contribution in [1.29, 1.82) is 0 Å². The quantitative estimate of drug-likeness (QED) is 0.622. The number of esters is 1. The van der Waals surface area contributed by atoms with Crippen LogP contribution in [-0.4, -0.2) is 18.1 Å². The Morgan fingerprint density at radius 1 is 1.26 bits per heavy atom. The summed E-state index contributed by atoms with van der Waals surface area (Å²) in [4.78, 5) is 14.9. The summed E-state index contributed by atoms with van der Waals surface area (Å²) in [5.74, 6) is -1.32. The number of carbonyl (C=O) groups excluding carboxylic acids is 1. The molecule has 1 heterocycles. The SMILES string of the molecule is COC(=O)c1cnc(F)c(-c2ccc(Cl)cc2Cl)c1. The molecule has 0 amide bonds. The lowest BCUT2D eigenvalue weighted by molar-refractivity contribution is 0.0600. The third kappa shape index (κ3) is 2.85. The summed E-state index contributed by atoms with van der Waals surface area (Å²) < 4.78 is 18.3. The van der Waals surface area contributed by atoms with Gasteiger partial charge in [-0.1, -0.05) is 29.3 Å². The third-order valence-electron chi connectivity index (χ3n) is 2.48. The van der Waals surface area contributed by atoms with E-state index in [4.69, 9.17) is 23.2 Å². The predicted molar refractivity (Wildman–Crippen MR) is 71.0 cm³/mol. The summed E-state index contributed by atoms with van der Waals surface area (Å²) in [5, 5.41) is 0.710. The average molecular weight is 300 g/mol. The van der Waals surface area contributed by atoms with Crippen LogP contribution in [-0.2, 0) is 4.74 Å². The highest BCUT2D eigenvalue weighted by atomic mass is 35.5. The molecular formula is C13H8Cl2FNO2. The molecule has 0 bridgehead atoms. The Hall–Kier alpha value is -1.65. The zero-order valence-corrected chi connectivity index (χ0v) is 11.3. The van der Waals surface area contributed by atoms with Gasteiger partial charge in [-0.3, -0.25) is 0 Å². The van der Waals surface area contributed by atoms with Crippen LogP contribution < -0.4 is 0 Å². The molecule has 1 aromatic carbocycles. The van der Waals surface area contributed by atoms with E-state index in [0.717, 1.165) is 6.20 Å². The van der Waals surface area contributed by atoms with E-state index in [1.165, 1.54) is 19.2 Å². The molecule has 0 spiro atoms. The minimum atomic E-state index is -0.725. The maximum atomic E-state index is 13.7. The van der Waals surface area contributed by atoms with E-state index < -0.39 is 11.9 Å². The summed E-state index contributed by atoms with van der Waals surface area (Å²) in [6.07, 6.45) is 1.11. The fraction of sp³-hybridized carbons (Fsp3) is 0.0769. The summed E-state index contributed by atoms with van der Waals surface area (Å²) in [6, 6.07) is 5.96. The van der Waals surface area contributed by atoms with Gasteiger partial charge in [-0.05, 0) is 18.2 Å². The molecule has 0 aliphatic carbocycles. The lowest BCUT2D eigenvalue weighted by atomic mass is 10.1. The largest absolute Gasteiger partial charge is 0.465 e. The first-order valence-corrected chi connectivity index (χ1v) is 5.98. The van der Waals surface area contributed by atoms with E-state index in [1.807, 2.05) is 0 Å². The van der Waals surface area contributed by atoms with Crippen molar-refractivity contribution in [3.8, 4) is 11.1 Å². The molecule has 0 fully saturated rings. The molecule has 98 valence electrons. The molecule has 6 heteroatoms. The highest BCUT2D eigenvalue weighted by Crippen LogP contribution is 2.31. The Morgan fingerprint density at radius 3 is 2.63 bits per heavy atom. The third-order valence-corrected chi connectivity index (χ3v) is 3.03. The predicted octanol–water partition coefficient (Wildman–Crippen LogP) is 3.98. The van der Waals surface area contributed by atoms with Crippen molar-refractivity contribution in [3.05, 3.63) is 52.0 Å². The summed E-state index contributed by atoms with van der Waals surface area (Å²) >= 11 is 11.8. The number of nitrogens with zero attached hydrogens (tertiary/aromatic N) is 1. The van der Waals surface area contributed by atoms with Gasteiger partial charge in [0.15, 0.2) is 0 Å². The molecule has 0 radical (unpaired) electrons. The van der Waals surface area contributed by atoms with Gasteiger partial charge < -0.3 is 4.74 Å². The summed E-state index contributed by atoms with van der Waals surface area (Å²) in [5.41, 5.74) is 0.663. The first-order chi connectivity index (χ1) is 9.02. The van der Waals surface area contributed by atoms with Crippen LogP contribution in [0.3, 0.4) is 0 Å². The number of rotatable bonds is 2. The number of benzene rings is 1. The second-order valence-electron chi connectivity index (χ2n) is 3.68. The molecule has 0 N–H and O–H groups in total. The van der Waals surface area contributed by atoms with Crippen LogP contribution in [0.2, 0.25) is 10.0 Å². The molecule has 3 nitrogen and oxygen atoms in total. The Bertz CT molecular complexity index is 647. The van der Waals surface area contributed by atoms with Crippen LogP contribution >= 0.6 is 23.2 Å². The molecule has 2 rings (SSSR count). The number of hydrogen-bond acceptors (Lipinski definition) is 3.